The van der Waals surface area contributed by atoms with Crippen LogP contribution in [0.5, 0.6) is 0 Å². The van der Waals surface area contributed by atoms with Crippen molar-refractivity contribution in [1.82, 2.24) is 14.7 Å². The molecule has 2 amide bonds. The Balaban J connectivity index is 1.96. The van der Waals surface area contributed by atoms with Crippen LogP contribution in [-0.4, -0.2) is 40.0 Å². The van der Waals surface area contributed by atoms with Crippen LogP contribution in [0.25, 0.3) is 0 Å². The van der Waals surface area contributed by atoms with Crippen LogP contribution in [0.2, 0.25) is 0 Å². The minimum Gasteiger partial charge on any atom is -0.316 e. The Bertz CT molecular complexity index is 640. The number of nitrogens with one attached hydrogen (secondary N) is 1. The number of alkyl halides is 3. The molecule has 2 rings (SSSR count). The first-order valence-electron chi connectivity index (χ1n) is 7.07. The predicted molar refractivity (Wildman–Crippen MR) is 80.1 cm³/mol. The van der Waals surface area contributed by atoms with Crippen LogP contribution in [0.4, 0.5) is 23.8 Å². The Hall–Kier alpha value is -2.51. The molecule has 1 N–H and O–H groups in total. The summed E-state index contributed by atoms with van der Waals surface area (Å²) in [6.07, 6.45) is -2.78. The minimum absolute atomic E-state index is 0.0456. The zero-order valence-corrected chi connectivity index (χ0v) is 12.5. The van der Waals surface area contributed by atoms with E-state index < -0.39 is 18.8 Å². The molecule has 0 unspecified atom stereocenters. The number of carbonyl (C=O) groups is 1. The zero-order chi connectivity index (χ0) is 16.9. The van der Waals surface area contributed by atoms with Gasteiger partial charge in [0.05, 0.1) is 6.54 Å². The number of halogens is 3. The number of hydrogen-bond acceptors (Lipinski definition) is 2. The summed E-state index contributed by atoms with van der Waals surface area (Å²) in [6, 6.07) is 10.3. The topological polar surface area (TPSA) is 50.2 Å². The minimum atomic E-state index is -4.43. The molecule has 0 spiro atoms. The van der Waals surface area contributed by atoms with E-state index in [0.717, 1.165) is 5.56 Å². The van der Waals surface area contributed by atoms with E-state index in [-0.39, 0.29) is 12.4 Å². The summed E-state index contributed by atoms with van der Waals surface area (Å²) in [4.78, 5) is 12.5. The highest BCUT2D eigenvalue weighted by molar-refractivity contribution is 5.88. The summed E-state index contributed by atoms with van der Waals surface area (Å²) in [5.74, 6) is 0.214. The Labute approximate surface area is 131 Å². The van der Waals surface area contributed by atoms with Crippen molar-refractivity contribution >= 4 is 11.8 Å². The Morgan fingerprint density at radius 2 is 1.96 bits per heavy atom. The second-order valence-corrected chi connectivity index (χ2v) is 4.94. The van der Waals surface area contributed by atoms with Gasteiger partial charge in [-0.25, -0.2) is 4.79 Å². The molecule has 0 aliphatic carbocycles. The molecule has 5 nitrogen and oxygen atoms in total. The number of urea groups is 1. The molecule has 0 aliphatic rings. The van der Waals surface area contributed by atoms with Crippen molar-refractivity contribution in [3.05, 3.63) is 48.2 Å². The molecule has 8 heteroatoms. The van der Waals surface area contributed by atoms with E-state index in [2.05, 4.69) is 10.4 Å². The molecule has 2 aromatic rings. The number of aromatic nitrogens is 2. The fourth-order valence-electron chi connectivity index (χ4n) is 2.02. The maximum Gasteiger partial charge on any atom is 0.406 e. The van der Waals surface area contributed by atoms with Crippen LogP contribution >= 0.6 is 0 Å². The molecule has 0 bridgehead atoms. The monoisotopic (exact) mass is 326 g/mol. The quantitative estimate of drug-likeness (QED) is 0.916. The standard InChI is InChI=1S/C15H17F3N4O/c1-2-21(11-15(16,17)18)14(23)19-13-8-9-22(20-13)10-12-6-4-3-5-7-12/h3-9H,2,10-11H2,1H3,(H,19,20,23). The molecule has 0 aliphatic heterocycles. The third kappa shape index (κ3) is 5.32. The van der Waals surface area contributed by atoms with E-state index in [1.165, 1.54) is 6.92 Å². The molecular weight excluding hydrogens is 309 g/mol. The van der Waals surface area contributed by atoms with Crippen molar-refractivity contribution in [2.45, 2.75) is 19.6 Å². The van der Waals surface area contributed by atoms with Gasteiger partial charge in [-0.05, 0) is 12.5 Å². The SMILES string of the molecule is CCN(CC(F)(F)F)C(=O)Nc1ccn(Cc2ccccc2)n1. The predicted octanol–water partition coefficient (Wildman–Crippen LogP) is 3.35. The Morgan fingerprint density at radius 1 is 1.26 bits per heavy atom. The van der Waals surface area contributed by atoms with Crippen molar-refractivity contribution in [2.75, 3.05) is 18.4 Å². The van der Waals surface area contributed by atoms with Crippen LogP contribution in [-0.2, 0) is 6.54 Å². The van der Waals surface area contributed by atoms with Crippen LogP contribution in [0.1, 0.15) is 12.5 Å². The van der Waals surface area contributed by atoms with E-state index in [9.17, 15) is 18.0 Å². The smallest absolute Gasteiger partial charge is 0.316 e. The van der Waals surface area contributed by atoms with Crippen LogP contribution in [0.15, 0.2) is 42.6 Å². The number of carbonyl (C=O) groups excluding carboxylic acids is 1. The summed E-state index contributed by atoms with van der Waals surface area (Å²) in [5.41, 5.74) is 1.03. The molecule has 0 saturated carbocycles. The van der Waals surface area contributed by atoms with Gasteiger partial charge in [-0.3, -0.25) is 10.00 Å². The fourth-order valence-corrected chi connectivity index (χ4v) is 2.02. The van der Waals surface area contributed by atoms with Crippen molar-refractivity contribution in [2.24, 2.45) is 0 Å². The molecule has 23 heavy (non-hydrogen) atoms. The van der Waals surface area contributed by atoms with E-state index >= 15 is 0 Å². The third-order valence-corrected chi connectivity index (χ3v) is 3.10. The maximum atomic E-state index is 12.4. The first kappa shape index (κ1) is 16.9. The lowest BCUT2D eigenvalue weighted by Gasteiger charge is -2.21. The lowest BCUT2D eigenvalue weighted by molar-refractivity contribution is -0.139. The molecule has 124 valence electrons. The molecular formula is C15H17F3N4O. The van der Waals surface area contributed by atoms with E-state index in [1.54, 1.807) is 16.9 Å². The highest BCUT2D eigenvalue weighted by Gasteiger charge is 2.32. The highest BCUT2D eigenvalue weighted by atomic mass is 19.4. The summed E-state index contributed by atoms with van der Waals surface area (Å²) in [5, 5.41) is 6.51. The molecule has 1 heterocycles. The number of nitrogens with zero attached hydrogens (tertiary/aromatic N) is 3. The molecule has 1 aromatic heterocycles. The summed E-state index contributed by atoms with van der Waals surface area (Å²) in [7, 11) is 0. The summed E-state index contributed by atoms with van der Waals surface area (Å²) in [6.45, 7) is 0.659. The van der Waals surface area contributed by atoms with Gasteiger partial charge in [0, 0.05) is 18.8 Å². The first-order chi connectivity index (χ1) is 10.9. The van der Waals surface area contributed by atoms with E-state index in [1.807, 2.05) is 30.3 Å². The van der Waals surface area contributed by atoms with Gasteiger partial charge < -0.3 is 4.90 Å². The van der Waals surface area contributed by atoms with Crippen molar-refractivity contribution in [3.63, 3.8) is 0 Å². The maximum absolute atomic E-state index is 12.4. The van der Waals surface area contributed by atoms with E-state index in [4.69, 9.17) is 0 Å². The Morgan fingerprint density at radius 3 is 2.57 bits per heavy atom. The number of rotatable bonds is 5. The van der Waals surface area contributed by atoms with Gasteiger partial charge in [0.1, 0.15) is 6.54 Å². The van der Waals surface area contributed by atoms with Crippen molar-refractivity contribution in [3.8, 4) is 0 Å². The number of benzene rings is 1. The average molecular weight is 326 g/mol. The fraction of sp³-hybridized carbons (Fsp3) is 0.333. The first-order valence-corrected chi connectivity index (χ1v) is 7.07. The van der Waals surface area contributed by atoms with E-state index in [0.29, 0.717) is 11.4 Å². The van der Waals surface area contributed by atoms with Crippen molar-refractivity contribution < 1.29 is 18.0 Å². The molecule has 0 saturated heterocycles. The lowest BCUT2D eigenvalue weighted by Crippen LogP contribution is -2.41. The van der Waals surface area contributed by atoms with Gasteiger partial charge in [0.25, 0.3) is 0 Å². The Kier molecular flexibility index (Phi) is 5.25. The molecule has 0 radical (unpaired) electrons. The van der Waals surface area contributed by atoms with Crippen LogP contribution in [0, 0.1) is 0 Å². The van der Waals surface area contributed by atoms with Gasteiger partial charge >= 0.3 is 12.2 Å². The average Bonchev–Trinajstić information content (AvgIpc) is 2.92. The van der Waals surface area contributed by atoms with Crippen LogP contribution in [0.3, 0.4) is 0 Å². The molecule has 0 fully saturated rings. The number of hydrogen-bond donors (Lipinski definition) is 1. The van der Waals surface area contributed by atoms with Crippen molar-refractivity contribution in [1.29, 1.82) is 0 Å². The van der Waals surface area contributed by atoms with Crippen LogP contribution < -0.4 is 5.32 Å². The lowest BCUT2D eigenvalue weighted by atomic mass is 10.2. The largest absolute Gasteiger partial charge is 0.406 e. The zero-order valence-electron chi connectivity index (χ0n) is 12.5. The van der Waals surface area contributed by atoms with Gasteiger partial charge in [0.2, 0.25) is 0 Å². The van der Waals surface area contributed by atoms with Gasteiger partial charge in [-0.1, -0.05) is 30.3 Å². The number of anilines is 1. The summed E-state index contributed by atoms with van der Waals surface area (Å²) < 4.78 is 38.8. The summed E-state index contributed by atoms with van der Waals surface area (Å²) >= 11 is 0. The number of amides is 2. The van der Waals surface area contributed by atoms with Gasteiger partial charge in [-0.15, -0.1) is 0 Å². The second-order valence-electron chi connectivity index (χ2n) is 4.94. The van der Waals surface area contributed by atoms with Gasteiger partial charge in [-0.2, -0.15) is 18.3 Å². The second kappa shape index (κ2) is 7.17. The normalized spacial score (nSPS) is 11.3. The van der Waals surface area contributed by atoms with Gasteiger partial charge in [0.15, 0.2) is 5.82 Å². The third-order valence-electron chi connectivity index (χ3n) is 3.10. The highest BCUT2D eigenvalue weighted by Crippen LogP contribution is 2.17. The molecule has 0 atom stereocenters. The molecule has 1 aromatic carbocycles.